The van der Waals surface area contributed by atoms with Crippen LogP contribution in [-0.4, -0.2) is 50.1 Å². The molecule has 0 saturated heterocycles. The molecule has 0 fully saturated rings. The summed E-state index contributed by atoms with van der Waals surface area (Å²) in [5.74, 6) is -0.00410. The maximum absolute atomic E-state index is 10.9. The number of ether oxygens (including phenoxy) is 1. The van der Waals surface area contributed by atoms with Crippen LogP contribution < -0.4 is 10.4 Å². The molecule has 0 aliphatic carbocycles. The summed E-state index contributed by atoms with van der Waals surface area (Å²) in [6.07, 6.45) is 7.00. The first-order valence-corrected chi connectivity index (χ1v) is 15.0. The molecule has 5 heteroatoms. The summed E-state index contributed by atoms with van der Waals surface area (Å²) < 4.78 is 12.6. The van der Waals surface area contributed by atoms with Gasteiger partial charge in [0.05, 0.1) is 24.9 Å². The third-order valence-corrected chi connectivity index (χ3v) is 12.2. The molecule has 0 bridgehead atoms. The van der Waals surface area contributed by atoms with Crippen LogP contribution in [0.25, 0.3) is 0 Å². The van der Waals surface area contributed by atoms with Gasteiger partial charge in [-0.15, -0.1) is 0 Å². The highest BCUT2D eigenvalue weighted by Crippen LogP contribution is 2.37. The molecule has 0 aromatic heterocycles. The van der Waals surface area contributed by atoms with Crippen LogP contribution in [0.4, 0.5) is 0 Å². The zero-order valence-electron chi connectivity index (χ0n) is 21.9. The summed E-state index contributed by atoms with van der Waals surface area (Å²) in [6.45, 7) is 10.1. The van der Waals surface area contributed by atoms with E-state index in [0.717, 1.165) is 19.4 Å². The first-order valence-electron chi connectivity index (χ1n) is 13.1. The Morgan fingerprint density at radius 3 is 2.09 bits per heavy atom. The fourth-order valence-corrected chi connectivity index (χ4v) is 9.79. The largest absolute Gasteiger partial charge is 0.407 e. The normalized spacial score (nSPS) is 19.3. The molecule has 2 N–H and O–H groups in total. The van der Waals surface area contributed by atoms with Gasteiger partial charge in [-0.1, -0.05) is 101 Å². The molecule has 35 heavy (non-hydrogen) atoms. The predicted octanol–water partition coefficient (Wildman–Crippen LogP) is 4.83. The van der Waals surface area contributed by atoms with Crippen molar-refractivity contribution >= 4 is 18.7 Å². The van der Waals surface area contributed by atoms with E-state index >= 15 is 0 Å². The molecule has 4 atom stereocenters. The zero-order chi connectivity index (χ0) is 25.3. The van der Waals surface area contributed by atoms with Gasteiger partial charge in [-0.25, -0.2) is 0 Å². The van der Waals surface area contributed by atoms with Gasteiger partial charge >= 0.3 is 0 Å². The number of aliphatic hydroxyl groups excluding tert-OH is 2. The van der Waals surface area contributed by atoms with Crippen LogP contribution in [0.5, 0.6) is 0 Å². The molecule has 0 amide bonds. The van der Waals surface area contributed by atoms with E-state index in [-0.39, 0.29) is 17.1 Å². The lowest BCUT2D eigenvalue weighted by molar-refractivity contribution is 0.0353. The van der Waals surface area contributed by atoms with Crippen molar-refractivity contribution in [1.29, 1.82) is 0 Å². The second-order valence-corrected chi connectivity index (χ2v) is 15.2. The Kier molecular flexibility index (Phi) is 10.3. The molecule has 1 aliphatic rings. The van der Waals surface area contributed by atoms with Crippen molar-refractivity contribution in [3.63, 3.8) is 0 Å². The van der Waals surface area contributed by atoms with Crippen LogP contribution >= 0.6 is 0 Å². The lowest BCUT2D eigenvalue weighted by atomic mass is 9.93. The summed E-state index contributed by atoms with van der Waals surface area (Å²) in [5, 5.41) is 23.9. The highest BCUT2D eigenvalue weighted by molar-refractivity contribution is 6.99. The van der Waals surface area contributed by atoms with Crippen LogP contribution in [-0.2, 0) is 9.16 Å². The third-order valence-electron chi connectivity index (χ3n) is 7.20. The molecule has 3 rings (SSSR count). The molecule has 4 nitrogen and oxygen atoms in total. The summed E-state index contributed by atoms with van der Waals surface area (Å²) in [5.41, 5.74) is 0. The first-order chi connectivity index (χ1) is 16.7. The summed E-state index contributed by atoms with van der Waals surface area (Å²) in [7, 11) is -2.60. The van der Waals surface area contributed by atoms with Crippen molar-refractivity contribution < 1.29 is 19.4 Å². The maximum Gasteiger partial charge on any atom is 0.261 e. The van der Waals surface area contributed by atoms with Gasteiger partial charge in [0.2, 0.25) is 0 Å². The molecular formula is C30H44O4Si. The Labute approximate surface area is 213 Å². The van der Waals surface area contributed by atoms with Gasteiger partial charge in [-0.2, -0.15) is 0 Å². The number of aliphatic hydroxyl groups is 2. The zero-order valence-corrected chi connectivity index (χ0v) is 22.9. The molecule has 192 valence electrons. The summed E-state index contributed by atoms with van der Waals surface area (Å²) >= 11 is 0. The van der Waals surface area contributed by atoms with Crippen molar-refractivity contribution in [2.45, 2.75) is 83.1 Å². The van der Waals surface area contributed by atoms with Crippen LogP contribution in [0.2, 0.25) is 5.04 Å². The van der Waals surface area contributed by atoms with E-state index in [9.17, 15) is 10.2 Å². The minimum absolute atomic E-state index is 0.00410. The second kappa shape index (κ2) is 13.0. The van der Waals surface area contributed by atoms with E-state index in [4.69, 9.17) is 9.16 Å². The number of hydrogen-bond acceptors (Lipinski definition) is 4. The minimum atomic E-state index is -2.60. The van der Waals surface area contributed by atoms with Crippen molar-refractivity contribution in [3.05, 3.63) is 72.8 Å². The standard InChI is InChI=1S/C30H44O4Si/c1-24(23-25(31)18-19-26-13-11-12-21-33-26)29(32)20-22-34-35(30(2,3)4,27-14-7-5-8-15-27)28-16-9-6-10-17-28/h5-11,13-17,24-26,29,31-32H,12,18-23H2,1-4H3/t24-,25+,26?,29-/m1/s1. The number of hydrogen-bond donors (Lipinski definition) is 2. The van der Waals surface area contributed by atoms with Crippen molar-refractivity contribution in [3.8, 4) is 0 Å². The smallest absolute Gasteiger partial charge is 0.261 e. The van der Waals surface area contributed by atoms with E-state index in [2.05, 4.69) is 81.5 Å². The van der Waals surface area contributed by atoms with Crippen LogP contribution in [0.15, 0.2) is 72.8 Å². The monoisotopic (exact) mass is 496 g/mol. The topological polar surface area (TPSA) is 58.9 Å². The van der Waals surface area contributed by atoms with Gasteiger partial charge in [-0.3, -0.25) is 0 Å². The molecular weight excluding hydrogens is 452 g/mol. The Bertz CT molecular complexity index is 854. The van der Waals surface area contributed by atoms with Gasteiger partial charge in [0, 0.05) is 6.61 Å². The highest BCUT2D eigenvalue weighted by atomic mass is 28.4. The highest BCUT2D eigenvalue weighted by Gasteiger charge is 2.50. The van der Waals surface area contributed by atoms with Gasteiger partial charge in [-0.05, 0) is 53.4 Å². The molecule has 1 heterocycles. The van der Waals surface area contributed by atoms with E-state index in [0.29, 0.717) is 25.9 Å². The minimum Gasteiger partial charge on any atom is -0.407 e. The molecule has 0 radical (unpaired) electrons. The molecule has 1 unspecified atom stereocenters. The third kappa shape index (κ3) is 7.37. The SMILES string of the molecule is C[C@H](C[C@@H](O)CCC1C=CCCO1)[C@H](O)CCO[Si](c1ccccc1)(c1ccccc1)C(C)(C)C. The average Bonchev–Trinajstić information content (AvgIpc) is 2.86. The van der Waals surface area contributed by atoms with Crippen molar-refractivity contribution in [2.24, 2.45) is 5.92 Å². The number of rotatable bonds is 12. The molecule has 1 aliphatic heterocycles. The Morgan fingerprint density at radius 2 is 1.57 bits per heavy atom. The van der Waals surface area contributed by atoms with Gasteiger partial charge in [0.1, 0.15) is 0 Å². The van der Waals surface area contributed by atoms with Crippen LogP contribution in [0.3, 0.4) is 0 Å². The Hall–Kier alpha value is -1.76. The summed E-state index contributed by atoms with van der Waals surface area (Å²) in [6, 6.07) is 21.2. The van der Waals surface area contributed by atoms with Crippen LogP contribution in [0, 0.1) is 5.92 Å². The first kappa shape index (κ1) is 27.8. The fourth-order valence-electron chi connectivity index (χ4n) is 5.21. The van der Waals surface area contributed by atoms with E-state index in [1.165, 1.54) is 10.4 Å². The molecule has 2 aromatic carbocycles. The quantitative estimate of drug-likeness (QED) is 0.327. The number of benzene rings is 2. The average molecular weight is 497 g/mol. The van der Waals surface area contributed by atoms with Crippen LogP contribution in [0.1, 0.15) is 59.8 Å². The fraction of sp³-hybridized carbons (Fsp3) is 0.533. The second-order valence-electron chi connectivity index (χ2n) is 10.9. The van der Waals surface area contributed by atoms with E-state index < -0.39 is 20.5 Å². The van der Waals surface area contributed by atoms with Gasteiger partial charge in [0.15, 0.2) is 0 Å². The maximum atomic E-state index is 10.9. The van der Waals surface area contributed by atoms with E-state index in [1.807, 2.05) is 19.1 Å². The Morgan fingerprint density at radius 1 is 0.971 bits per heavy atom. The lowest BCUT2D eigenvalue weighted by Crippen LogP contribution is -2.66. The molecule has 2 aromatic rings. The van der Waals surface area contributed by atoms with Crippen molar-refractivity contribution in [1.82, 2.24) is 0 Å². The predicted molar refractivity (Wildman–Crippen MR) is 147 cm³/mol. The van der Waals surface area contributed by atoms with Gasteiger partial charge in [0.25, 0.3) is 8.32 Å². The van der Waals surface area contributed by atoms with E-state index in [1.54, 1.807) is 0 Å². The summed E-state index contributed by atoms with van der Waals surface area (Å²) in [4.78, 5) is 0. The lowest BCUT2D eigenvalue weighted by Gasteiger charge is -2.43. The van der Waals surface area contributed by atoms with Crippen molar-refractivity contribution in [2.75, 3.05) is 13.2 Å². The molecule has 0 spiro atoms. The Balaban J connectivity index is 1.62. The molecule has 0 saturated carbocycles. The van der Waals surface area contributed by atoms with Gasteiger partial charge < -0.3 is 19.4 Å².